The first-order chi connectivity index (χ1) is 11.4. The van der Waals surface area contributed by atoms with Crippen molar-refractivity contribution in [3.05, 3.63) is 58.3 Å². The first-order valence-electron chi connectivity index (χ1n) is 6.80. The van der Waals surface area contributed by atoms with Crippen molar-refractivity contribution in [2.24, 2.45) is 0 Å². The van der Waals surface area contributed by atoms with Crippen molar-refractivity contribution in [1.82, 2.24) is 9.19 Å². The van der Waals surface area contributed by atoms with Gasteiger partial charge in [-0.15, -0.1) is 9.19 Å². The lowest BCUT2D eigenvalue weighted by Gasteiger charge is -2.06. The molecule has 0 bridgehead atoms. The van der Waals surface area contributed by atoms with E-state index in [0.29, 0.717) is 9.65 Å². The smallest absolute Gasteiger partial charge is 0.345 e. The standard InChI is InChI=1S/C15H13N3O4S2/c1-10-2-4-12(5-3-10)24(20,21)18-13(16)8-14(17-18)22-15(19)11-6-7-23-9-11/h2-9H,16H2,1H3. The van der Waals surface area contributed by atoms with Gasteiger partial charge in [0.2, 0.25) is 5.88 Å². The van der Waals surface area contributed by atoms with Gasteiger partial charge in [-0.05, 0) is 30.5 Å². The van der Waals surface area contributed by atoms with Crippen molar-refractivity contribution < 1.29 is 17.9 Å². The molecular formula is C15H13N3O4S2. The minimum Gasteiger partial charge on any atom is -0.402 e. The van der Waals surface area contributed by atoms with Crippen LogP contribution in [0.3, 0.4) is 0 Å². The van der Waals surface area contributed by atoms with Crippen molar-refractivity contribution in [3.8, 4) is 5.88 Å². The maximum absolute atomic E-state index is 12.6. The number of aromatic nitrogens is 2. The van der Waals surface area contributed by atoms with E-state index in [1.165, 1.54) is 29.5 Å². The van der Waals surface area contributed by atoms with Crippen LogP contribution in [-0.2, 0) is 10.0 Å². The molecule has 3 aromatic rings. The molecule has 124 valence electrons. The number of benzene rings is 1. The second kappa shape index (κ2) is 6.10. The van der Waals surface area contributed by atoms with Gasteiger partial charge in [-0.3, -0.25) is 0 Å². The predicted octanol–water partition coefficient (Wildman–Crippen LogP) is 2.29. The SMILES string of the molecule is Cc1ccc(S(=O)(=O)n2nc(OC(=O)c3ccsc3)cc2N)cc1. The lowest BCUT2D eigenvalue weighted by atomic mass is 10.2. The van der Waals surface area contributed by atoms with E-state index in [0.717, 1.165) is 5.56 Å². The number of thiophene rings is 1. The number of esters is 1. The van der Waals surface area contributed by atoms with E-state index in [4.69, 9.17) is 10.5 Å². The van der Waals surface area contributed by atoms with Crippen LogP contribution in [-0.4, -0.2) is 23.6 Å². The highest BCUT2D eigenvalue weighted by molar-refractivity contribution is 7.90. The topological polar surface area (TPSA) is 104 Å². The normalized spacial score (nSPS) is 11.4. The molecule has 0 unspecified atom stereocenters. The predicted molar refractivity (Wildman–Crippen MR) is 89.7 cm³/mol. The van der Waals surface area contributed by atoms with Gasteiger partial charge >= 0.3 is 5.97 Å². The summed E-state index contributed by atoms with van der Waals surface area (Å²) in [5.74, 6) is -0.961. The van der Waals surface area contributed by atoms with Crippen LogP contribution < -0.4 is 10.5 Å². The summed E-state index contributed by atoms with van der Waals surface area (Å²) in [7, 11) is -3.96. The molecule has 2 N–H and O–H groups in total. The summed E-state index contributed by atoms with van der Waals surface area (Å²) < 4.78 is 30.9. The molecule has 0 aliphatic carbocycles. The number of ether oxygens (including phenoxy) is 1. The monoisotopic (exact) mass is 363 g/mol. The Kier molecular flexibility index (Phi) is 4.12. The Bertz CT molecular complexity index is 974. The molecule has 0 spiro atoms. The third-order valence-electron chi connectivity index (χ3n) is 3.18. The van der Waals surface area contributed by atoms with E-state index in [1.807, 2.05) is 6.92 Å². The van der Waals surface area contributed by atoms with Gasteiger partial charge in [0.1, 0.15) is 5.82 Å². The molecule has 1 aromatic carbocycles. The minimum absolute atomic E-state index is 0.0404. The first kappa shape index (κ1) is 16.2. The molecule has 0 amide bonds. The van der Waals surface area contributed by atoms with Crippen LogP contribution in [0.15, 0.2) is 52.1 Å². The van der Waals surface area contributed by atoms with E-state index >= 15 is 0 Å². The number of nitrogen functional groups attached to an aromatic ring is 1. The zero-order valence-electron chi connectivity index (χ0n) is 12.5. The van der Waals surface area contributed by atoms with Crippen LogP contribution in [0.25, 0.3) is 0 Å². The van der Waals surface area contributed by atoms with Crippen LogP contribution in [0, 0.1) is 6.92 Å². The summed E-state index contributed by atoms with van der Waals surface area (Å²) in [6.07, 6.45) is 0. The number of nitrogens with two attached hydrogens (primary N) is 1. The van der Waals surface area contributed by atoms with E-state index in [9.17, 15) is 13.2 Å². The number of carbonyl (C=O) groups is 1. The summed E-state index contributed by atoms with van der Waals surface area (Å²) >= 11 is 1.34. The fourth-order valence-electron chi connectivity index (χ4n) is 1.94. The average molecular weight is 363 g/mol. The molecule has 0 radical (unpaired) electrons. The molecule has 9 heteroatoms. The summed E-state index contributed by atoms with van der Waals surface area (Å²) in [5.41, 5.74) is 7.00. The molecule has 2 aromatic heterocycles. The van der Waals surface area contributed by atoms with Gasteiger partial charge in [0.15, 0.2) is 0 Å². The maximum Gasteiger partial charge on any atom is 0.345 e. The third-order valence-corrected chi connectivity index (χ3v) is 5.48. The molecule has 0 atom stereocenters. The molecule has 0 aliphatic rings. The van der Waals surface area contributed by atoms with E-state index < -0.39 is 16.0 Å². The number of anilines is 1. The Hall–Kier alpha value is -2.65. The molecular weight excluding hydrogens is 350 g/mol. The Balaban J connectivity index is 1.91. The molecule has 7 nitrogen and oxygen atoms in total. The average Bonchev–Trinajstić information content (AvgIpc) is 3.17. The molecule has 0 saturated carbocycles. The summed E-state index contributed by atoms with van der Waals surface area (Å²) in [6.45, 7) is 1.85. The van der Waals surface area contributed by atoms with Crippen molar-refractivity contribution >= 4 is 33.1 Å². The van der Waals surface area contributed by atoms with Crippen LogP contribution in [0.1, 0.15) is 15.9 Å². The van der Waals surface area contributed by atoms with E-state index in [1.54, 1.807) is 29.0 Å². The van der Waals surface area contributed by atoms with Gasteiger partial charge in [0, 0.05) is 11.4 Å². The second-order valence-electron chi connectivity index (χ2n) is 4.97. The number of hydrogen-bond donors (Lipinski definition) is 1. The lowest BCUT2D eigenvalue weighted by Crippen LogP contribution is -2.17. The van der Waals surface area contributed by atoms with Crippen LogP contribution in [0.2, 0.25) is 0 Å². The van der Waals surface area contributed by atoms with Gasteiger partial charge < -0.3 is 10.5 Å². The highest BCUT2D eigenvalue weighted by atomic mass is 32.2. The Morgan fingerprint density at radius 3 is 2.58 bits per heavy atom. The van der Waals surface area contributed by atoms with Crippen molar-refractivity contribution in [1.29, 1.82) is 0 Å². The zero-order chi connectivity index (χ0) is 17.3. The highest BCUT2D eigenvalue weighted by Gasteiger charge is 2.23. The van der Waals surface area contributed by atoms with Gasteiger partial charge in [-0.2, -0.15) is 19.8 Å². The summed E-state index contributed by atoms with van der Waals surface area (Å²) in [4.78, 5) is 11.9. The summed E-state index contributed by atoms with van der Waals surface area (Å²) in [6, 6.07) is 9.05. The number of nitrogens with zero attached hydrogens (tertiary/aromatic N) is 2. The van der Waals surface area contributed by atoms with Crippen molar-refractivity contribution in [3.63, 3.8) is 0 Å². The largest absolute Gasteiger partial charge is 0.402 e. The summed E-state index contributed by atoms with van der Waals surface area (Å²) in [5, 5.41) is 7.14. The lowest BCUT2D eigenvalue weighted by molar-refractivity contribution is 0.0727. The highest BCUT2D eigenvalue weighted by Crippen LogP contribution is 2.22. The van der Waals surface area contributed by atoms with Gasteiger partial charge in [-0.25, -0.2) is 4.79 Å². The van der Waals surface area contributed by atoms with E-state index in [2.05, 4.69) is 5.10 Å². The molecule has 0 aliphatic heterocycles. The van der Waals surface area contributed by atoms with Crippen molar-refractivity contribution in [2.45, 2.75) is 11.8 Å². The van der Waals surface area contributed by atoms with Crippen LogP contribution >= 0.6 is 11.3 Å². The molecule has 24 heavy (non-hydrogen) atoms. The number of aryl methyl sites for hydroxylation is 1. The van der Waals surface area contributed by atoms with Gasteiger partial charge in [0.25, 0.3) is 10.0 Å². The van der Waals surface area contributed by atoms with Gasteiger partial charge in [0.05, 0.1) is 10.5 Å². The molecule has 2 heterocycles. The van der Waals surface area contributed by atoms with Crippen LogP contribution in [0.4, 0.5) is 5.82 Å². The second-order valence-corrected chi connectivity index (χ2v) is 7.52. The first-order valence-corrected chi connectivity index (χ1v) is 9.18. The number of rotatable bonds is 4. The molecule has 3 rings (SSSR count). The van der Waals surface area contributed by atoms with E-state index in [-0.39, 0.29) is 16.6 Å². The number of hydrogen-bond acceptors (Lipinski definition) is 7. The Morgan fingerprint density at radius 2 is 1.96 bits per heavy atom. The number of carbonyl (C=O) groups excluding carboxylic acids is 1. The molecule has 0 saturated heterocycles. The Labute approximate surface area is 142 Å². The minimum atomic E-state index is -3.96. The fraction of sp³-hybridized carbons (Fsp3) is 0.0667. The molecule has 0 fully saturated rings. The Morgan fingerprint density at radius 1 is 1.25 bits per heavy atom. The zero-order valence-corrected chi connectivity index (χ0v) is 14.2. The van der Waals surface area contributed by atoms with Gasteiger partial charge in [-0.1, -0.05) is 17.7 Å². The quantitative estimate of drug-likeness (QED) is 0.713. The van der Waals surface area contributed by atoms with Crippen molar-refractivity contribution in [2.75, 3.05) is 5.73 Å². The van der Waals surface area contributed by atoms with Crippen LogP contribution in [0.5, 0.6) is 5.88 Å². The third kappa shape index (κ3) is 3.03. The maximum atomic E-state index is 12.6. The fourth-order valence-corrected chi connectivity index (χ4v) is 3.77.